The molecule has 0 radical (unpaired) electrons. The van der Waals surface area contributed by atoms with Gasteiger partial charge in [0, 0.05) is 11.0 Å². The summed E-state index contributed by atoms with van der Waals surface area (Å²) in [6.45, 7) is 6.78. The van der Waals surface area contributed by atoms with Crippen molar-refractivity contribution in [2.24, 2.45) is 5.41 Å². The Morgan fingerprint density at radius 1 is 1.45 bits per heavy atom. The first-order valence-electron chi connectivity index (χ1n) is 3.77. The maximum atomic E-state index is 10.8. The standard InChI is InChI=1S/C7H14O3P/c1-7(2,3)6-4-5-9-11(8)10-6/h6H,4-5H2,1-3H3/q+1. The Hall–Kier alpha value is 0.0200. The largest absolute Gasteiger partial charge is 0.697 e. The van der Waals surface area contributed by atoms with Gasteiger partial charge in [0.2, 0.25) is 0 Å². The normalized spacial score (nSPS) is 30.5. The molecule has 0 aromatic rings. The van der Waals surface area contributed by atoms with Gasteiger partial charge < -0.3 is 0 Å². The van der Waals surface area contributed by atoms with Gasteiger partial charge in [-0.3, -0.25) is 0 Å². The molecule has 64 valence electrons. The maximum Gasteiger partial charge on any atom is 0.697 e. The lowest BCUT2D eigenvalue weighted by molar-refractivity contribution is 0.0250. The molecule has 0 saturated carbocycles. The Kier molecular flexibility index (Phi) is 2.63. The molecule has 1 saturated heterocycles. The van der Waals surface area contributed by atoms with Crippen LogP contribution in [0, 0.1) is 5.41 Å². The van der Waals surface area contributed by atoms with E-state index >= 15 is 0 Å². The molecule has 3 nitrogen and oxygen atoms in total. The molecule has 11 heavy (non-hydrogen) atoms. The minimum absolute atomic E-state index is 0.0643. The molecule has 4 heteroatoms. The molecule has 2 atom stereocenters. The van der Waals surface area contributed by atoms with Crippen LogP contribution in [0.1, 0.15) is 27.2 Å². The molecule has 1 heterocycles. The van der Waals surface area contributed by atoms with E-state index in [0.29, 0.717) is 6.61 Å². The second kappa shape index (κ2) is 3.18. The zero-order valence-corrected chi connectivity index (χ0v) is 8.06. The van der Waals surface area contributed by atoms with Crippen molar-refractivity contribution in [2.45, 2.75) is 33.3 Å². The molecule has 0 aromatic heterocycles. The average Bonchev–Trinajstić information content (AvgIpc) is 1.86. The monoisotopic (exact) mass is 177 g/mol. The molecule has 0 spiro atoms. The van der Waals surface area contributed by atoms with Crippen LogP contribution in [0.15, 0.2) is 0 Å². The highest BCUT2D eigenvalue weighted by Gasteiger charge is 2.39. The summed E-state index contributed by atoms with van der Waals surface area (Å²) in [6.07, 6.45) is 0.907. The zero-order valence-electron chi connectivity index (χ0n) is 7.16. The third-order valence-corrected chi connectivity index (χ3v) is 2.58. The van der Waals surface area contributed by atoms with Crippen LogP contribution in [0.5, 0.6) is 0 Å². The molecule has 0 aliphatic carbocycles. The summed E-state index contributed by atoms with van der Waals surface area (Å²) in [5.74, 6) is 0. The Labute approximate surface area is 68.0 Å². The van der Waals surface area contributed by atoms with Gasteiger partial charge in [-0.15, -0.1) is 9.05 Å². The van der Waals surface area contributed by atoms with Crippen LogP contribution in [-0.4, -0.2) is 12.7 Å². The molecular weight excluding hydrogens is 163 g/mol. The molecule has 0 amide bonds. The Bertz CT molecular complexity index is 162. The lowest BCUT2D eigenvalue weighted by Gasteiger charge is -2.26. The van der Waals surface area contributed by atoms with Crippen molar-refractivity contribution >= 4 is 8.25 Å². The van der Waals surface area contributed by atoms with Gasteiger partial charge in [-0.05, 0) is 5.41 Å². The van der Waals surface area contributed by atoms with Crippen molar-refractivity contribution in [3.63, 3.8) is 0 Å². The van der Waals surface area contributed by atoms with E-state index < -0.39 is 8.25 Å². The Balaban J connectivity index is 2.53. The summed E-state index contributed by atoms with van der Waals surface area (Å²) in [7, 11) is -1.85. The van der Waals surface area contributed by atoms with Gasteiger partial charge in [-0.25, -0.2) is 0 Å². The number of rotatable bonds is 0. The average molecular weight is 177 g/mol. The summed E-state index contributed by atoms with van der Waals surface area (Å²) < 4.78 is 20.8. The van der Waals surface area contributed by atoms with Crippen LogP contribution >= 0.6 is 8.25 Å². The van der Waals surface area contributed by atoms with E-state index in [1.807, 2.05) is 0 Å². The van der Waals surface area contributed by atoms with Crippen LogP contribution in [-0.2, 0) is 13.6 Å². The predicted molar refractivity (Wildman–Crippen MR) is 42.5 cm³/mol. The fraction of sp³-hybridized carbons (Fsp3) is 1.00. The summed E-state index contributed by atoms with van der Waals surface area (Å²) >= 11 is 0. The van der Waals surface area contributed by atoms with Gasteiger partial charge in [0.1, 0.15) is 12.7 Å². The van der Waals surface area contributed by atoms with Crippen LogP contribution in [0.2, 0.25) is 0 Å². The highest BCUT2D eigenvalue weighted by molar-refractivity contribution is 7.33. The van der Waals surface area contributed by atoms with E-state index in [2.05, 4.69) is 20.8 Å². The van der Waals surface area contributed by atoms with E-state index in [1.165, 1.54) is 0 Å². The van der Waals surface area contributed by atoms with Crippen molar-refractivity contribution in [1.82, 2.24) is 0 Å². The van der Waals surface area contributed by atoms with Gasteiger partial charge in [-0.2, -0.15) is 0 Å². The molecule has 2 unspecified atom stereocenters. The molecule has 1 aliphatic rings. The topological polar surface area (TPSA) is 35.5 Å². The van der Waals surface area contributed by atoms with Crippen molar-refractivity contribution in [3.8, 4) is 0 Å². The number of hydrogen-bond acceptors (Lipinski definition) is 3. The minimum atomic E-state index is -1.85. The lowest BCUT2D eigenvalue weighted by atomic mass is 9.87. The molecule has 0 aromatic carbocycles. The first-order chi connectivity index (χ1) is 5.00. The van der Waals surface area contributed by atoms with Gasteiger partial charge in [0.25, 0.3) is 0 Å². The highest BCUT2D eigenvalue weighted by atomic mass is 31.1. The highest BCUT2D eigenvalue weighted by Crippen LogP contribution is 2.39. The number of hydrogen-bond donors (Lipinski definition) is 0. The van der Waals surface area contributed by atoms with Crippen molar-refractivity contribution in [2.75, 3.05) is 6.61 Å². The van der Waals surface area contributed by atoms with Crippen LogP contribution in [0.25, 0.3) is 0 Å². The molecular formula is C7H14O3P+. The van der Waals surface area contributed by atoms with Crippen molar-refractivity contribution in [1.29, 1.82) is 0 Å². The first-order valence-corrected chi connectivity index (χ1v) is 4.86. The summed E-state index contributed by atoms with van der Waals surface area (Å²) in [5, 5.41) is 0. The zero-order chi connectivity index (χ0) is 8.48. The third-order valence-electron chi connectivity index (χ3n) is 1.76. The van der Waals surface area contributed by atoms with Gasteiger partial charge in [0.15, 0.2) is 0 Å². The van der Waals surface area contributed by atoms with Crippen molar-refractivity contribution < 1.29 is 13.6 Å². The molecule has 0 N–H and O–H groups in total. The van der Waals surface area contributed by atoms with Gasteiger partial charge >= 0.3 is 8.25 Å². The second-order valence-corrected chi connectivity index (χ2v) is 4.72. The maximum absolute atomic E-state index is 10.8. The smallest absolute Gasteiger partial charge is 0.119 e. The summed E-state index contributed by atoms with van der Waals surface area (Å²) in [4.78, 5) is 0. The van der Waals surface area contributed by atoms with Crippen LogP contribution < -0.4 is 0 Å². The lowest BCUT2D eigenvalue weighted by Crippen LogP contribution is -2.30. The van der Waals surface area contributed by atoms with Crippen LogP contribution in [0.3, 0.4) is 0 Å². The first kappa shape index (κ1) is 9.11. The van der Waals surface area contributed by atoms with E-state index in [0.717, 1.165) is 6.42 Å². The van der Waals surface area contributed by atoms with Crippen LogP contribution in [0.4, 0.5) is 0 Å². The van der Waals surface area contributed by atoms with Crippen molar-refractivity contribution in [3.05, 3.63) is 0 Å². The fourth-order valence-corrected chi connectivity index (χ4v) is 1.96. The molecule has 0 bridgehead atoms. The van der Waals surface area contributed by atoms with Gasteiger partial charge in [0.05, 0.1) is 0 Å². The quantitative estimate of drug-likeness (QED) is 0.533. The summed E-state index contributed by atoms with van der Waals surface area (Å²) in [5.41, 5.74) is 0.0643. The van der Waals surface area contributed by atoms with E-state index in [4.69, 9.17) is 9.05 Å². The second-order valence-electron chi connectivity index (χ2n) is 3.81. The molecule has 1 fully saturated rings. The van der Waals surface area contributed by atoms with E-state index in [9.17, 15) is 4.57 Å². The Morgan fingerprint density at radius 3 is 2.45 bits per heavy atom. The van der Waals surface area contributed by atoms with E-state index in [-0.39, 0.29) is 11.5 Å². The molecule has 1 rings (SSSR count). The third kappa shape index (κ3) is 2.51. The van der Waals surface area contributed by atoms with E-state index in [1.54, 1.807) is 0 Å². The minimum Gasteiger partial charge on any atom is -0.119 e. The predicted octanol–water partition coefficient (Wildman–Crippen LogP) is 2.50. The fourth-order valence-electron chi connectivity index (χ4n) is 1.01. The molecule has 1 aliphatic heterocycles. The Morgan fingerprint density at radius 2 is 2.09 bits per heavy atom. The SMILES string of the molecule is CC(C)(C)C1CCO[P+](=O)O1. The summed E-state index contributed by atoms with van der Waals surface area (Å²) in [6, 6.07) is 0. The van der Waals surface area contributed by atoms with Gasteiger partial charge in [-0.1, -0.05) is 20.8 Å².